The van der Waals surface area contributed by atoms with Crippen LogP contribution < -0.4 is 9.70 Å². The zero-order valence-corrected chi connectivity index (χ0v) is 17.7. The molecule has 0 unspecified atom stereocenters. The molecule has 0 bridgehead atoms. The molecule has 0 atom stereocenters. The zero-order valence-electron chi connectivity index (χ0n) is 15.3. The van der Waals surface area contributed by atoms with Crippen molar-refractivity contribution >= 4 is 39.2 Å². The van der Waals surface area contributed by atoms with Gasteiger partial charge in [0.25, 0.3) is 0 Å². The number of hydrogen-bond donors (Lipinski definition) is 0. The van der Waals surface area contributed by atoms with Gasteiger partial charge < -0.3 is 4.90 Å². The van der Waals surface area contributed by atoms with Crippen LogP contribution >= 0.6 is 27.3 Å². The number of rotatable bonds is 6. The van der Waals surface area contributed by atoms with E-state index in [-0.39, 0.29) is 0 Å². The summed E-state index contributed by atoms with van der Waals surface area (Å²) in [7, 11) is 4.06. The minimum atomic E-state index is 0.561. The monoisotopic (exact) mass is 440 g/mol. The molecule has 2 aromatic carbocycles. The van der Waals surface area contributed by atoms with Gasteiger partial charge in [0.15, 0.2) is 0 Å². The molecule has 4 nitrogen and oxygen atoms in total. The first kappa shape index (κ1) is 19.3. The summed E-state index contributed by atoms with van der Waals surface area (Å²) in [6, 6.07) is 16.5. The number of halogens is 1. The molecule has 1 aromatic heterocycles. The van der Waals surface area contributed by atoms with E-state index in [1.54, 1.807) is 17.4 Å². The minimum absolute atomic E-state index is 0.561. The predicted octanol–water partition coefficient (Wildman–Crippen LogP) is 5.01. The second-order valence-electron chi connectivity index (χ2n) is 6.09. The van der Waals surface area contributed by atoms with Crippen molar-refractivity contribution < 1.29 is 0 Å². The lowest BCUT2D eigenvalue weighted by Gasteiger charge is -2.11. The van der Waals surface area contributed by atoms with Crippen molar-refractivity contribution in [1.29, 1.82) is 0 Å². The Labute approximate surface area is 172 Å². The Hall–Kier alpha value is -2.44. The van der Waals surface area contributed by atoms with E-state index in [9.17, 15) is 0 Å². The first-order valence-corrected chi connectivity index (χ1v) is 10.2. The van der Waals surface area contributed by atoms with Gasteiger partial charge in [-0.15, -0.1) is 17.9 Å². The standard InChI is InChI=1S/C21H21BrN4S/c1-4-12-23-21-26(20(15-27-21)17-6-5-7-18(22)13-17)24-14-16-8-10-19(11-9-16)25(2)3/h4-11,13-15H,1,12H2,2-3H3. The highest BCUT2D eigenvalue weighted by Crippen LogP contribution is 2.23. The topological polar surface area (TPSA) is 32.9 Å². The number of aromatic nitrogens is 1. The molecule has 0 saturated carbocycles. The Morgan fingerprint density at radius 3 is 2.63 bits per heavy atom. The summed E-state index contributed by atoms with van der Waals surface area (Å²) in [5.74, 6) is 0. The summed E-state index contributed by atoms with van der Waals surface area (Å²) in [6.07, 6.45) is 3.65. The van der Waals surface area contributed by atoms with Gasteiger partial charge in [0.2, 0.25) is 4.80 Å². The molecule has 27 heavy (non-hydrogen) atoms. The van der Waals surface area contributed by atoms with E-state index >= 15 is 0 Å². The van der Waals surface area contributed by atoms with E-state index in [0.717, 1.165) is 31.8 Å². The molecule has 0 aliphatic carbocycles. The van der Waals surface area contributed by atoms with E-state index < -0.39 is 0 Å². The van der Waals surface area contributed by atoms with Gasteiger partial charge in [0.05, 0.1) is 18.5 Å². The van der Waals surface area contributed by atoms with Crippen LogP contribution in [0, 0.1) is 0 Å². The smallest absolute Gasteiger partial charge is 0.206 e. The lowest BCUT2D eigenvalue weighted by Crippen LogP contribution is -2.12. The Bertz CT molecular complexity index is 1010. The summed E-state index contributed by atoms with van der Waals surface area (Å²) in [5, 5.41) is 6.79. The van der Waals surface area contributed by atoms with Crippen molar-refractivity contribution in [3.63, 3.8) is 0 Å². The second-order valence-corrected chi connectivity index (χ2v) is 7.84. The maximum Gasteiger partial charge on any atom is 0.206 e. The maximum absolute atomic E-state index is 4.71. The third kappa shape index (κ3) is 4.84. The van der Waals surface area contributed by atoms with Gasteiger partial charge in [-0.1, -0.05) is 46.3 Å². The molecule has 0 amide bonds. The Morgan fingerprint density at radius 2 is 1.96 bits per heavy atom. The van der Waals surface area contributed by atoms with Crippen molar-refractivity contribution in [3.8, 4) is 11.3 Å². The first-order chi connectivity index (χ1) is 13.1. The van der Waals surface area contributed by atoms with Gasteiger partial charge in [0.1, 0.15) is 0 Å². The lowest BCUT2D eigenvalue weighted by molar-refractivity contribution is 0.840. The maximum atomic E-state index is 4.71. The summed E-state index contributed by atoms with van der Waals surface area (Å²) in [6.45, 7) is 4.31. The fourth-order valence-corrected chi connectivity index (χ4v) is 3.74. The fourth-order valence-electron chi connectivity index (χ4n) is 2.49. The first-order valence-electron chi connectivity index (χ1n) is 8.48. The molecule has 1 heterocycles. The van der Waals surface area contributed by atoms with Crippen molar-refractivity contribution in [2.24, 2.45) is 10.1 Å². The van der Waals surface area contributed by atoms with Crippen LogP contribution in [0.2, 0.25) is 0 Å². The fraction of sp³-hybridized carbons (Fsp3) is 0.143. The lowest BCUT2D eigenvalue weighted by atomic mass is 10.2. The summed E-state index contributed by atoms with van der Waals surface area (Å²) < 4.78 is 2.92. The molecule has 0 aliphatic rings. The van der Waals surface area contributed by atoms with Crippen LogP contribution in [-0.2, 0) is 0 Å². The zero-order chi connectivity index (χ0) is 19.2. The summed E-state index contributed by atoms with van der Waals surface area (Å²) in [5.41, 5.74) is 4.28. The van der Waals surface area contributed by atoms with Crippen LogP contribution in [0.5, 0.6) is 0 Å². The highest BCUT2D eigenvalue weighted by atomic mass is 79.9. The molecule has 0 saturated heterocycles. The van der Waals surface area contributed by atoms with Gasteiger partial charge in [-0.2, -0.15) is 5.10 Å². The Balaban J connectivity index is 2.01. The normalized spacial score (nSPS) is 11.9. The molecule has 0 fully saturated rings. The van der Waals surface area contributed by atoms with Crippen LogP contribution in [0.4, 0.5) is 5.69 Å². The second kappa shape index (κ2) is 8.97. The molecule has 0 spiro atoms. The molecule has 6 heteroatoms. The van der Waals surface area contributed by atoms with E-state index in [1.165, 1.54) is 0 Å². The van der Waals surface area contributed by atoms with Gasteiger partial charge in [0, 0.05) is 35.2 Å². The van der Waals surface area contributed by atoms with E-state index in [2.05, 4.69) is 74.2 Å². The predicted molar refractivity (Wildman–Crippen MR) is 120 cm³/mol. The molecular weight excluding hydrogens is 420 g/mol. The molecule has 3 aromatic rings. The Morgan fingerprint density at radius 1 is 1.19 bits per heavy atom. The Kier molecular flexibility index (Phi) is 6.42. The summed E-state index contributed by atoms with van der Waals surface area (Å²) >= 11 is 5.11. The van der Waals surface area contributed by atoms with Crippen LogP contribution in [0.15, 0.2) is 81.1 Å². The average molecular weight is 441 g/mol. The number of hydrogen-bond acceptors (Lipinski definition) is 4. The van der Waals surface area contributed by atoms with Crippen molar-refractivity contribution in [1.82, 2.24) is 4.68 Å². The molecular formula is C21H21BrN4S. The quantitative estimate of drug-likeness (QED) is 0.391. The van der Waals surface area contributed by atoms with Crippen molar-refractivity contribution in [2.45, 2.75) is 0 Å². The molecule has 3 rings (SSSR count). The van der Waals surface area contributed by atoms with E-state index in [4.69, 9.17) is 5.10 Å². The van der Waals surface area contributed by atoms with Gasteiger partial charge in [-0.25, -0.2) is 4.68 Å². The van der Waals surface area contributed by atoms with E-state index in [0.29, 0.717) is 6.54 Å². The van der Waals surface area contributed by atoms with Crippen LogP contribution in [0.3, 0.4) is 0 Å². The third-order valence-electron chi connectivity index (χ3n) is 3.89. The molecule has 0 radical (unpaired) electrons. The minimum Gasteiger partial charge on any atom is -0.378 e. The largest absolute Gasteiger partial charge is 0.378 e. The van der Waals surface area contributed by atoms with Crippen molar-refractivity contribution in [3.05, 3.63) is 81.4 Å². The van der Waals surface area contributed by atoms with Gasteiger partial charge in [-0.3, -0.25) is 4.99 Å². The molecule has 0 aliphatic heterocycles. The third-order valence-corrected chi connectivity index (χ3v) is 5.24. The number of nitrogens with zero attached hydrogens (tertiary/aromatic N) is 4. The highest BCUT2D eigenvalue weighted by Gasteiger charge is 2.07. The SMILES string of the molecule is C=CCN=c1scc(-c2cccc(Br)c2)n1N=Cc1ccc(N(C)C)cc1. The van der Waals surface area contributed by atoms with Crippen molar-refractivity contribution in [2.75, 3.05) is 25.5 Å². The average Bonchev–Trinajstić information content (AvgIpc) is 3.07. The number of anilines is 1. The van der Waals surface area contributed by atoms with Gasteiger partial charge >= 0.3 is 0 Å². The number of thiazole rings is 1. The number of benzene rings is 2. The van der Waals surface area contributed by atoms with E-state index in [1.807, 2.05) is 37.1 Å². The highest BCUT2D eigenvalue weighted by molar-refractivity contribution is 9.10. The van der Waals surface area contributed by atoms with Crippen LogP contribution in [-0.4, -0.2) is 31.5 Å². The molecule has 0 N–H and O–H groups in total. The van der Waals surface area contributed by atoms with Crippen LogP contribution in [0.1, 0.15) is 5.56 Å². The molecule has 138 valence electrons. The summed E-state index contributed by atoms with van der Waals surface area (Å²) in [4.78, 5) is 7.49. The van der Waals surface area contributed by atoms with Gasteiger partial charge in [-0.05, 0) is 29.8 Å². The van der Waals surface area contributed by atoms with Crippen LogP contribution in [0.25, 0.3) is 11.3 Å².